The van der Waals surface area contributed by atoms with E-state index in [1.807, 2.05) is 13.0 Å². The number of benzene rings is 1. The molecule has 0 saturated carbocycles. The van der Waals surface area contributed by atoms with Crippen LogP contribution in [0.2, 0.25) is 0 Å². The molecule has 0 radical (unpaired) electrons. The second-order valence-corrected chi connectivity index (χ2v) is 3.98. The summed E-state index contributed by atoms with van der Waals surface area (Å²) in [7, 11) is 0. The number of rotatable bonds is 7. The van der Waals surface area contributed by atoms with Crippen molar-refractivity contribution in [1.29, 1.82) is 5.26 Å². The van der Waals surface area contributed by atoms with Crippen LogP contribution in [-0.2, 0) is 6.54 Å². The Bertz CT molecular complexity index is 483. The van der Waals surface area contributed by atoms with E-state index in [0.29, 0.717) is 13.0 Å². The number of nitro benzene ring substituents is 1. The van der Waals surface area contributed by atoms with Gasteiger partial charge < -0.3 is 10.1 Å². The van der Waals surface area contributed by atoms with E-state index in [0.717, 1.165) is 12.1 Å². The molecule has 0 spiro atoms. The molecule has 6 nitrogen and oxygen atoms in total. The smallest absolute Gasteiger partial charge is 0.311 e. The zero-order valence-corrected chi connectivity index (χ0v) is 11.0. The third-order valence-electron chi connectivity index (χ3n) is 2.58. The minimum atomic E-state index is -0.668. The average Bonchev–Trinajstić information content (AvgIpc) is 2.42. The van der Waals surface area contributed by atoms with E-state index < -0.39 is 11.0 Å². The quantitative estimate of drug-likeness (QED) is 0.602. The van der Waals surface area contributed by atoms with Gasteiger partial charge in [-0.3, -0.25) is 10.1 Å². The Morgan fingerprint density at radius 2 is 2.26 bits per heavy atom. The molecule has 0 aliphatic carbocycles. The van der Waals surface area contributed by atoms with Gasteiger partial charge >= 0.3 is 5.69 Å². The van der Waals surface area contributed by atoms with Gasteiger partial charge in [0.2, 0.25) is 0 Å². The van der Waals surface area contributed by atoms with E-state index in [1.165, 1.54) is 6.07 Å². The standard InChI is InChI=1S/C13H17N3O3/c1-3-11(8-14)19-13-6-5-10(9-15-4-2)7-12(13)16(17)18/h5-7,11,15H,3-4,9H2,1-2H3. The van der Waals surface area contributed by atoms with Crippen LogP contribution in [0.5, 0.6) is 5.75 Å². The molecule has 102 valence electrons. The fraction of sp³-hybridized carbons (Fsp3) is 0.462. The highest BCUT2D eigenvalue weighted by molar-refractivity contribution is 5.49. The topological polar surface area (TPSA) is 88.2 Å². The largest absolute Gasteiger partial charge is 0.468 e. The molecule has 0 fully saturated rings. The molecule has 1 aromatic rings. The zero-order valence-electron chi connectivity index (χ0n) is 11.0. The molecular formula is C13H17N3O3. The molecule has 1 rings (SSSR count). The van der Waals surface area contributed by atoms with Gasteiger partial charge in [-0.15, -0.1) is 0 Å². The minimum Gasteiger partial charge on any atom is -0.468 e. The van der Waals surface area contributed by atoms with Gasteiger partial charge in [-0.1, -0.05) is 19.9 Å². The third-order valence-corrected chi connectivity index (χ3v) is 2.58. The van der Waals surface area contributed by atoms with E-state index in [2.05, 4.69) is 5.32 Å². The molecule has 0 bridgehead atoms. The molecule has 0 aromatic heterocycles. The monoisotopic (exact) mass is 263 g/mol. The Hall–Kier alpha value is -2.13. The molecule has 0 amide bonds. The number of hydrogen-bond acceptors (Lipinski definition) is 5. The van der Waals surface area contributed by atoms with Crippen LogP contribution in [0.15, 0.2) is 18.2 Å². The fourth-order valence-electron chi connectivity index (χ4n) is 1.54. The highest BCUT2D eigenvalue weighted by atomic mass is 16.6. The number of hydrogen-bond donors (Lipinski definition) is 1. The van der Waals surface area contributed by atoms with Gasteiger partial charge in [0, 0.05) is 12.6 Å². The van der Waals surface area contributed by atoms with Crippen molar-refractivity contribution in [3.63, 3.8) is 0 Å². The Morgan fingerprint density at radius 3 is 2.79 bits per heavy atom. The van der Waals surface area contributed by atoms with E-state index in [1.54, 1.807) is 19.1 Å². The maximum absolute atomic E-state index is 11.0. The van der Waals surface area contributed by atoms with Crippen molar-refractivity contribution in [2.75, 3.05) is 6.54 Å². The normalized spacial score (nSPS) is 11.6. The van der Waals surface area contributed by atoms with Crippen molar-refractivity contribution in [2.45, 2.75) is 32.9 Å². The molecule has 1 N–H and O–H groups in total. The Balaban J connectivity index is 2.98. The summed E-state index contributed by atoms with van der Waals surface area (Å²) in [5.41, 5.74) is 0.704. The summed E-state index contributed by atoms with van der Waals surface area (Å²) >= 11 is 0. The zero-order chi connectivity index (χ0) is 14.3. The summed E-state index contributed by atoms with van der Waals surface area (Å²) in [6.45, 7) is 5.11. The van der Waals surface area contributed by atoms with Gasteiger partial charge in [-0.25, -0.2) is 0 Å². The van der Waals surface area contributed by atoms with Crippen LogP contribution in [0.25, 0.3) is 0 Å². The van der Waals surface area contributed by atoms with Crippen molar-refractivity contribution in [3.8, 4) is 11.8 Å². The van der Waals surface area contributed by atoms with E-state index >= 15 is 0 Å². The Kier molecular flexibility index (Phi) is 5.76. The van der Waals surface area contributed by atoms with Crippen LogP contribution in [0, 0.1) is 21.4 Å². The molecule has 6 heteroatoms. The molecular weight excluding hydrogens is 246 g/mol. The van der Waals surface area contributed by atoms with Crippen molar-refractivity contribution < 1.29 is 9.66 Å². The lowest BCUT2D eigenvalue weighted by molar-refractivity contribution is -0.386. The summed E-state index contributed by atoms with van der Waals surface area (Å²) < 4.78 is 5.34. The number of nitrogens with zero attached hydrogens (tertiary/aromatic N) is 2. The van der Waals surface area contributed by atoms with Gasteiger partial charge in [0.15, 0.2) is 11.9 Å². The van der Waals surface area contributed by atoms with Crippen LogP contribution < -0.4 is 10.1 Å². The maximum atomic E-state index is 11.0. The number of nitriles is 1. The van der Waals surface area contributed by atoms with E-state index in [4.69, 9.17) is 10.00 Å². The van der Waals surface area contributed by atoms with Gasteiger partial charge in [0.05, 0.1) is 4.92 Å². The van der Waals surface area contributed by atoms with E-state index in [-0.39, 0.29) is 11.4 Å². The summed E-state index contributed by atoms with van der Waals surface area (Å²) in [5.74, 6) is 0.138. The summed E-state index contributed by atoms with van der Waals surface area (Å²) in [5, 5.41) is 23.0. The average molecular weight is 263 g/mol. The molecule has 1 unspecified atom stereocenters. The molecule has 0 aliphatic rings. The fourth-order valence-corrected chi connectivity index (χ4v) is 1.54. The van der Waals surface area contributed by atoms with Gasteiger partial charge in [-0.05, 0) is 24.6 Å². The summed E-state index contributed by atoms with van der Waals surface area (Å²) in [6.07, 6.45) is -0.189. The van der Waals surface area contributed by atoms with Crippen LogP contribution in [0.3, 0.4) is 0 Å². The second-order valence-electron chi connectivity index (χ2n) is 3.98. The van der Waals surface area contributed by atoms with Crippen LogP contribution in [0.1, 0.15) is 25.8 Å². The first-order valence-electron chi connectivity index (χ1n) is 6.16. The lowest BCUT2D eigenvalue weighted by atomic mass is 10.2. The number of nitrogens with one attached hydrogen (secondary N) is 1. The Labute approximate surface area is 112 Å². The lowest BCUT2D eigenvalue weighted by Gasteiger charge is -2.11. The molecule has 1 aromatic carbocycles. The number of nitro groups is 1. The first-order valence-corrected chi connectivity index (χ1v) is 6.16. The van der Waals surface area contributed by atoms with Crippen LogP contribution in [0.4, 0.5) is 5.69 Å². The molecule has 0 aliphatic heterocycles. The van der Waals surface area contributed by atoms with Crippen molar-refractivity contribution in [2.24, 2.45) is 0 Å². The summed E-state index contributed by atoms with van der Waals surface area (Å²) in [6, 6.07) is 6.74. The van der Waals surface area contributed by atoms with Gasteiger partial charge in [-0.2, -0.15) is 5.26 Å². The highest BCUT2D eigenvalue weighted by Gasteiger charge is 2.18. The van der Waals surface area contributed by atoms with Crippen LogP contribution in [-0.4, -0.2) is 17.6 Å². The van der Waals surface area contributed by atoms with Crippen molar-refractivity contribution in [3.05, 3.63) is 33.9 Å². The predicted molar refractivity (Wildman–Crippen MR) is 70.8 cm³/mol. The van der Waals surface area contributed by atoms with Gasteiger partial charge in [0.1, 0.15) is 6.07 Å². The Morgan fingerprint density at radius 1 is 1.53 bits per heavy atom. The molecule has 19 heavy (non-hydrogen) atoms. The highest BCUT2D eigenvalue weighted by Crippen LogP contribution is 2.29. The lowest BCUT2D eigenvalue weighted by Crippen LogP contribution is -2.14. The van der Waals surface area contributed by atoms with E-state index in [9.17, 15) is 10.1 Å². The molecule has 1 atom stereocenters. The number of ether oxygens (including phenoxy) is 1. The molecule has 0 heterocycles. The molecule has 0 saturated heterocycles. The van der Waals surface area contributed by atoms with Crippen molar-refractivity contribution in [1.82, 2.24) is 5.32 Å². The second kappa shape index (κ2) is 7.34. The maximum Gasteiger partial charge on any atom is 0.311 e. The predicted octanol–water partition coefficient (Wildman–Crippen LogP) is 2.39. The first-order chi connectivity index (χ1) is 9.12. The minimum absolute atomic E-state index is 0.107. The van der Waals surface area contributed by atoms with Crippen molar-refractivity contribution >= 4 is 5.69 Å². The van der Waals surface area contributed by atoms with Gasteiger partial charge in [0.25, 0.3) is 0 Å². The third kappa shape index (κ3) is 4.23. The first kappa shape index (κ1) is 14.9. The SMILES string of the molecule is CCNCc1ccc(OC(C#N)CC)c([N+](=O)[O-])c1. The summed E-state index contributed by atoms with van der Waals surface area (Å²) in [4.78, 5) is 10.5. The van der Waals surface area contributed by atoms with Crippen LogP contribution >= 0.6 is 0 Å².